The average Bonchev–Trinajstić information content (AvgIpc) is 3.81. The van der Waals surface area contributed by atoms with Crippen molar-refractivity contribution in [1.29, 1.82) is 0 Å². The van der Waals surface area contributed by atoms with Crippen molar-refractivity contribution in [3.8, 4) is 39.5 Å². The number of fused-ring (bicyclic) bond motifs is 5. The number of aromatic nitrogens is 3. The largest absolute Gasteiger partial charge is 0.333 e. The molecule has 0 amide bonds. The summed E-state index contributed by atoms with van der Waals surface area (Å²) >= 11 is -0.0442. The van der Waals surface area contributed by atoms with Crippen molar-refractivity contribution < 1.29 is 20.1 Å². The number of imidazole rings is 1. The Bertz CT molecular complexity index is 3040. The molecule has 6 heteroatoms. The summed E-state index contributed by atoms with van der Waals surface area (Å²) in [7, 11) is 0. The van der Waals surface area contributed by atoms with Crippen molar-refractivity contribution in [2.24, 2.45) is 5.92 Å². The van der Waals surface area contributed by atoms with E-state index in [0.717, 1.165) is 45.8 Å². The summed E-state index contributed by atoms with van der Waals surface area (Å²) in [6.07, 6.45) is 3.27. The molecule has 3 aromatic heterocycles. The van der Waals surface area contributed by atoms with Crippen LogP contribution >= 0.6 is 11.3 Å². The third-order valence-corrected chi connectivity index (χ3v) is 16.2. The number of hydrogen-bond acceptors (Lipinski definition) is 3. The molecule has 293 valence electrons. The molecule has 0 unspecified atom stereocenters. The van der Waals surface area contributed by atoms with Crippen molar-refractivity contribution in [1.82, 2.24) is 14.5 Å². The molecule has 0 saturated heterocycles. The van der Waals surface area contributed by atoms with Gasteiger partial charge in [0, 0.05) is 30.5 Å². The van der Waals surface area contributed by atoms with E-state index in [2.05, 4.69) is 194 Å². The minimum absolute atomic E-state index is 0. The van der Waals surface area contributed by atoms with Crippen LogP contribution in [0.1, 0.15) is 19.4 Å². The van der Waals surface area contributed by atoms with Crippen LogP contribution in [0.4, 0.5) is 0 Å². The topological polar surface area (TPSA) is 30.7 Å². The molecule has 0 N–H and O–H groups in total. The minimum atomic E-state index is -1.86. The van der Waals surface area contributed by atoms with Gasteiger partial charge < -0.3 is 4.57 Å². The van der Waals surface area contributed by atoms with Crippen LogP contribution in [0.3, 0.4) is 0 Å². The molecule has 59 heavy (non-hydrogen) atoms. The first-order chi connectivity index (χ1) is 28.2. The van der Waals surface area contributed by atoms with E-state index in [9.17, 15) is 0 Å². The van der Waals surface area contributed by atoms with Gasteiger partial charge >= 0.3 is 126 Å². The monoisotopic (exact) mass is 1020 g/mol. The first kappa shape index (κ1) is 40.6. The van der Waals surface area contributed by atoms with Crippen LogP contribution in [-0.4, -0.2) is 27.8 Å². The maximum Gasteiger partial charge on any atom is 0.0780 e. The molecule has 7 aromatic carbocycles. The van der Waals surface area contributed by atoms with Crippen LogP contribution < -0.4 is 4.40 Å². The van der Waals surface area contributed by atoms with Gasteiger partial charge in [0.05, 0.1) is 16.9 Å². The number of pyridine rings is 1. The van der Waals surface area contributed by atoms with Gasteiger partial charge in [-0.3, -0.25) is 4.98 Å². The van der Waals surface area contributed by atoms with Gasteiger partial charge in [-0.2, -0.15) is 11.3 Å². The van der Waals surface area contributed by atoms with Gasteiger partial charge in [-0.1, -0.05) is 90.3 Å². The van der Waals surface area contributed by atoms with Gasteiger partial charge in [0.25, 0.3) is 0 Å². The van der Waals surface area contributed by atoms with Crippen molar-refractivity contribution in [3.63, 3.8) is 0 Å². The fourth-order valence-electron chi connectivity index (χ4n) is 7.92. The Kier molecular flexibility index (Phi) is 11.8. The average molecular weight is 1020 g/mol. The molecule has 0 atom stereocenters. The summed E-state index contributed by atoms with van der Waals surface area (Å²) in [5.41, 5.74) is 10.2. The molecule has 3 heterocycles. The van der Waals surface area contributed by atoms with Crippen molar-refractivity contribution in [2.75, 3.05) is 0 Å². The van der Waals surface area contributed by atoms with E-state index in [-0.39, 0.29) is 20.1 Å². The zero-order valence-corrected chi connectivity index (χ0v) is 39.3. The molecular weight excluding hydrogens is 975 g/mol. The molecule has 0 aliphatic rings. The van der Waals surface area contributed by atoms with E-state index < -0.39 is 13.3 Å². The molecular formula is C53H45GeIrN3S-2. The Labute approximate surface area is 367 Å². The maximum absolute atomic E-state index is 5.20. The third-order valence-electron chi connectivity index (χ3n) is 10.7. The van der Waals surface area contributed by atoms with Crippen LogP contribution in [0.2, 0.25) is 17.3 Å². The van der Waals surface area contributed by atoms with Gasteiger partial charge in [-0.25, -0.2) is 0 Å². The smallest absolute Gasteiger partial charge is 0.0780 e. The van der Waals surface area contributed by atoms with E-state index in [1.165, 1.54) is 47.6 Å². The molecule has 1 radical (unpaired) electrons. The van der Waals surface area contributed by atoms with Crippen LogP contribution in [0.15, 0.2) is 164 Å². The summed E-state index contributed by atoms with van der Waals surface area (Å²) in [6, 6.07) is 62.4. The van der Waals surface area contributed by atoms with Crippen LogP contribution in [0, 0.1) is 18.1 Å². The quantitative estimate of drug-likeness (QED) is 0.118. The summed E-state index contributed by atoms with van der Waals surface area (Å²) in [4.78, 5) is 9.90. The van der Waals surface area contributed by atoms with Gasteiger partial charge in [0.2, 0.25) is 0 Å². The Hall–Kier alpha value is -5.17. The van der Waals surface area contributed by atoms with Crippen LogP contribution in [0.5, 0.6) is 0 Å². The molecule has 0 spiro atoms. The molecule has 0 aliphatic carbocycles. The molecule has 0 saturated carbocycles. The van der Waals surface area contributed by atoms with Gasteiger partial charge in [0.15, 0.2) is 0 Å². The minimum Gasteiger partial charge on any atom is -0.333 e. The third kappa shape index (κ3) is 8.49. The number of benzene rings is 7. The summed E-state index contributed by atoms with van der Waals surface area (Å²) < 4.78 is 6.36. The molecule has 10 rings (SSSR count). The Balaban J connectivity index is 0.000000197. The second-order valence-corrected chi connectivity index (χ2v) is 28.1. The Morgan fingerprint density at radius 3 is 2.08 bits per heavy atom. The number of nitrogens with zero attached hydrogens (tertiary/aromatic N) is 3. The van der Waals surface area contributed by atoms with Gasteiger partial charge in [0.1, 0.15) is 0 Å². The number of thiophene rings is 1. The summed E-state index contributed by atoms with van der Waals surface area (Å²) in [5.74, 6) is 8.90. The molecule has 10 aromatic rings. The standard InChI is InChI=1S/C35H21N2S.C18H24GeN.Ir/c1-2-8-23(9-3-1)24-14-17-28(18-15-24)37-32-22-26-11-5-4-10-25(26)21-31(32)36-35(37)27-16-19-34-30(20-27)29-12-6-7-13-33(29)38-34;1-14(2)11-16-12-18(15-9-7-6-8-10-15)20-13-17(16)19(3,4)5;/h1-15,17-22H;6-9,12-14H,11H2,1-5H3;/q2*-1;. The number of hydrogen-bond donors (Lipinski definition) is 0. The molecule has 3 nitrogen and oxygen atoms in total. The molecule has 0 bridgehead atoms. The first-order valence-corrected chi connectivity index (χ1v) is 28.2. The SMILES string of the molecule is CC(C)Cc1cc(-c2[c-]cccc2)nc[c]1[Ge]([CH3])([CH3])[CH3].[Ir].[c-]1cc2sc3ccccc3c2cc1-c1nc2cc3ccccc3cc2n1-c1ccc(-c2ccccc2)cc1. The van der Waals surface area contributed by atoms with Crippen molar-refractivity contribution in [3.05, 3.63) is 182 Å². The fraction of sp³-hybridized carbons (Fsp3) is 0.132. The zero-order chi connectivity index (χ0) is 39.8. The maximum atomic E-state index is 5.20. The van der Waals surface area contributed by atoms with Gasteiger partial charge in [-0.05, 0) is 62.3 Å². The Morgan fingerprint density at radius 1 is 0.661 bits per heavy atom. The number of rotatable bonds is 7. The van der Waals surface area contributed by atoms with Gasteiger partial charge in [-0.15, -0.1) is 23.8 Å². The summed E-state index contributed by atoms with van der Waals surface area (Å²) in [6.45, 7) is 4.57. The molecule has 0 fully saturated rings. The van der Waals surface area contributed by atoms with E-state index in [4.69, 9.17) is 9.97 Å². The van der Waals surface area contributed by atoms with Crippen LogP contribution in [0.25, 0.3) is 81.4 Å². The predicted octanol–water partition coefficient (Wildman–Crippen LogP) is 14.0. The van der Waals surface area contributed by atoms with E-state index >= 15 is 0 Å². The first-order valence-electron chi connectivity index (χ1n) is 20.1. The normalized spacial score (nSPS) is 11.6. The fourth-order valence-corrected chi connectivity index (χ4v) is 12.3. The Morgan fingerprint density at radius 2 is 1.36 bits per heavy atom. The van der Waals surface area contributed by atoms with Crippen molar-refractivity contribution in [2.45, 2.75) is 37.5 Å². The second kappa shape index (κ2) is 17.2. The summed E-state index contributed by atoms with van der Waals surface area (Å²) in [5, 5.41) is 4.93. The molecule has 0 aliphatic heterocycles. The zero-order valence-electron chi connectivity index (χ0n) is 34.0. The van der Waals surface area contributed by atoms with E-state index in [0.29, 0.717) is 5.92 Å². The predicted molar refractivity (Wildman–Crippen MR) is 251 cm³/mol. The second-order valence-electron chi connectivity index (χ2n) is 16.4. The van der Waals surface area contributed by atoms with E-state index in [1.807, 2.05) is 29.5 Å². The van der Waals surface area contributed by atoms with E-state index in [1.54, 1.807) is 4.40 Å². The van der Waals surface area contributed by atoms with Crippen molar-refractivity contribution >= 4 is 71.0 Å². The van der Waals surface area contributed by atoms with Crippen LogP contribution in [-0.2, 0) is 26.5 Å².